The Balaban J connectivity index is 1.35. The molecule has 3 aromatic rings. The number of carbonyl (C=O) groups excluding carboxylic acids is 1. The van der Waals surface area contributed by atoms with Crippen molar-refractivity contribution in [3.63, 3.8) is 0 Å². The summed E-state index contributed by atoms with van der Waals surface area (Å²) in [7, 11) is 0. The SMILES string of the molecule is Cc1ccc(-n2cnnc2SCC(=O)NCc2nnnn2C2CC2)cc1Cl. The lowest BCUT2D eigenvalue weighted by molar-refractivity contribution is -0.118. The second-order valence-corrected chi connectivity index (χ2v) is 7.60. The molecule has 1 amide bonds. The van der Waals surface area contributed by atoms with Gasteiger partial charge in [-0.15, -0.1) is 15.3 Å². The van der Waals surface area contributed by atoms with Crippen LogP contribution in [0.3, 0.4) is 0 Å². The van der Waals surface area contributed by atoms with Crippen molar-refractivity contribution >= 4 is 29.3 Å². The molecule has 0 unspecified atom stereocenters. The van der Waals surface area contributed by atoms with Crippen molar-refractivity contribution < 1.29 is 4.79 Å². The van der Waals surface area contributed by atoms with Gasteiger partial charge in [0.05, 0.1) is 24.0 Å². The molecule has 4 rings (SSSR count). The Kier molecular flexibility index (Phi) is 5.08. The number of hydrogen-bond donors (Lipinski definition) is 1. The Bertz CT molecular complexity index is 967. The van der Waals surface area contributed by atoms with E-state index in [4.69, 9.17) is 11.6 Å². The van der Waals surface area contributed by atoms with Crippen LogP contribution in [0.4, 0.5) is 0 Å². The van der Waals surface area contributed by atoms with Crippen LogP contribution in [0.5, 0.6) is 0 Å². The molecule has 2 aromatic heterocycles. The van der Waals surface area contributed by atoms with Crippen LogP contribution in [0.25, 0.3) is 5.69 Å². The van der Waals surface area contributed by atoms with Gasteiger partial charge >= 0.3 is 0 Å². The molecule has 0 bridgehead atoms. The predicted octanol–water partition coefficient (Wildman–Crippen LogP) is 1.96. The first-order valence-electron chi connectivity index (χ1n) is 8.44. The van der Waals surface area contributed by atoms with Crippen molar-refractivity contribution in [2.24, 2.45) is 0 Å². The summed E-state index contributed by atoms with van der Waals surface area (Å²) in [5.41, 5.74) is 1.85. The van der Waals surface area contributed by atoms with Gasteiger partial charge < -0.3 is 5.32 Å². The fraction of sp³-hybridized carbons (Fsp3) is 0.375. The number of carbonyl (C=O) groups is 1. The zero-order chi connectivity index (χ0) is 18.8. The van der Waals surface area contributed by atoms with Crippen molar-refractivity contribution in [3.8, 4) is 5.69 Å². The number of halogens is 1. The monoisotopic (exact) mass is 404 g/mol. The molecule has 1 aliphatic rings. The number of thioether (sulfide) groups is 1. The number of nitrogens with one attached hydrogen (secondary N) is 1. The zero-order valence-electron chi connectivity index (χ0n) is 14.5. The highest BCUT2D eigenvalue weighted by Crippen LogP contribution is 2.34. The second kappa shape index (κ2) is 7.65. The summed E-state index contributed by atoms with van der Waals surface area (Å²) in [6, 6.07) is 6.10. The van der Waals surface area contributed by atoms with E-state index in [0.29, 0.717) is 28.6 Å². The highest BCUT2D eigenvalue weighted by atomic mass is 35.5. The van der Waals surface area contributed by atoms with Gasteiger partial charge in [0.25, 0.3) is 0 Å². The Hall–Kier alpha value is -2.46. The molecule has 2 heterocycles. The lowest BCUT2D eigenvalue weighted by Crippen LogP contribution is -2.26. The molecule has 0 aliphatic heterocycles. The number of tetrazole rings is 1. The molecule has 1 N–H and O–H groups in total. The highest BCUT2D eigenvalue weighted by molar-refractivity contribution is 7.99. The summed E-state index contributed by atoms with van der Waals surface area (Å²) in [5, 5.41) is 23.8. The minimum absolute atomic E-state index is 0.123. The predicted molar refractivity (Wildman–Crippen MR) is 99.8 cm³/mol. The Labute approximate surface area is 164 Å². The van der Waals surface area contributed by atoms with E-state index in [1.165, 1.54) is 11.8 Å². The van der Waals surface area contributed by atoms with Gasteiger partial charge in [0.15, 0.2) is 11.0 Å². The van der Waals surface area contributed by atoms with Gasteiger partial charge in [-0.2, -0.15) is 0 Å². The number of nitrogens with zero attached hydrogens (tertiary/aromatic N) is 7. The molecular weight excluding hydrogens is 388 g/mol. The molecule has 1 aliphatic carbocycles. The number of benzene rings is 1. The summed E-state index contributed by atoms with van der Waals surface area (Å²) in [6.45, 7) is 2.25. The van der Waals surface area contributed by atoms with E-state index in [1.54, 1.807) is 15.6 Å². The summed E-state index contributed by atoms with van der Waals surface area (Å²) >= 11 is 7.50. The molecule has 0 spiro atoms. The smallest absolute Gasteiger partial charge is 0.230 e. The van der Waals surface area contributed by atoms with E-state index in [1.807, 2.05) is 25.1 Å². The van der Waals surface area contributed by atoms with Crippen molar-refractivity contribution in [2.45, 2.75) is 37.5 Å². The molecule has 27 heavy (non-hydrogen) atoms. The minimum Gasteiger partial charge on any atom is -0.348 e. The molecule has 1 fully saturated rings. The molecule has 11 heteroatoms. The fourth-order valence-electron chi connectivity index (χ4n) is 2.52. The van der Waals surface area contributed by atoms with Crippen LogP contribution >= 0.6 is 23.4 Å². The van der Waals surface area contributed by atoms with Crippen molar-refractivity contribution in [1.29, 1.82) is 0 Å². The van der Waals surface area contributed by atoms with Gasteiger partial charge in [0, 0.05) is 5.02 Å². The summed E-state index contributed by atoms with van der Waals surface area (Å²) in [6.07, 6.45) is 3.77. The second-order valence-electron chi connectivity index (χ2n) is 6.25. The molecule has 140 valence electrons. The lowest BCUT2D eigenvalue weighted by Gasteiger charge is -2.08. The van der Waals surface area contributed by atoms with Crippen LogP contribution < -0.4 is 5.32 Å². The first-order valence-corrected chi connectivity index (χ1v) is 9.81. The maximum absolute atomic E-state index is 12.2. The number of aromatic nitrogens is 7. The number of rotatable bonds is 7. The highest BCUT2D eigenvalue weighted by Gasteiger charge is 2.27. The maximum Gasteiger partial charge on any atom is 0.230 e. The van der Waals surface area contributed by atoms with Crippen LogP contribution in [-0.2, 0) is 11.3 Å². The fourth-order valence-corrected chi connectivity index (χ4v) is 3.46. The largest absolute Gasteiger partial charge is 0.348 e. The number of aryl methyl sites for hydroxylation is 1. The molecule has 1 aromatic carbocycles. The van der Waals surface area contributed by atoms with Crippen LogP contribution in [0, 0.1) is 6.92 Å². The van der Waals surface area contributed by atoms with E-state index in [2.05, 4.69) is 31.0 Å². The standard InChI is InChI=1S/C16H17ClN8OS/c1-10-2-3-12(6-13(10)17)24-9-19-21-16(24)27-8-15(26)18-7-14-20-22-23-25(14)11-4-5-11/h2-3,6,9,11H,4-5,7-8H2,1H3,(H,18,26). The van der Waals surface area contributed by atoms with Gasteiger partial charge in [-0.3, -0.25) is 9.36 Å². The summed E-state index contributed by atoms with van der Waals surface area (Å²) in [5.74, 6) is 0.763. The quantitative estimate of drug-likeness (QED) is 0.600. The van der Waals surface area contributed by atoms with Crippen molar-refractivity contribution in [2.75, 3.05) is 5.75 Å². The van der Waals surface area contributed by atoms with E-state index < -0.39 is 0 Å². The molecule has 0 atom stereocenters. The van der Waals surface area contributed by atoms with Crippen LogP contribution in [0.2, 0.25) is 5.02 Å². The van der Waals surface area contributed by atoms with Crippen molar-refractivity contribution in [1.82, 2.24) is 40.3 Å². The zero-order valence-corrected chi connectivity index (χ0v) is 16.1. The van der Waals surface area contributed by atoms with E-state index in [0.717, 1.165) is 24.1 Å². The van der Waals surface area contributed by atoms with E-state index >= 15 is 0 Å². The molecule has 9 nitrogen and oxygen atoms in total. The van der Waals surface area contributed by atoms with Gasteiger partial charge in [0.1, 0.15) is 6.33 Å². The van der Waals surface area contributed by atoms with Crippen LogP contribution in [0.15, 0.2) is 29.7 Å². The molecule has 1 saturated carbocycles. The average Bonchev–Trinajstić information content (AvgIpc) is 3.21. The first kappa shape index (κ1) is 17.9. The van der Waals surface area contributed by atoms with Gasteiger partial charge in [-0.25, -0.2) is 4.68 Å². The molecule has 0 radical (unpaired) electrons. The van der Waals surface area contributed by atoms with Gasteiger partial charge in [0.2, 0.25) is 5.91 Å². The first-order chi connectivity index (χ1) is 13.1. The summed E-state index contributed by atoms with van der Waals surface area (Å²) < 4.78 is 3.59. The summed E-state index contributed by atoms with van der Waals surface area (Å²) in [4.78, 5) is 12.2. The normalized spacial score (nSPS) is 13.7. The van der Waals surface area contributed by atoms with Gasteiger partial charge in [-0.05, 0) is 47.9 Å². The topological polar surface area (TPSA) is 103 Å². The van der Waals surface area contributed by atoms with Crippen LogP contribution in [0.1, 0.15) is 30.3 Å². The average molecular weight is 405 g/mol. The third kappa shape index (κ3) is 4.11. The van der Waals surface area contributed by atoms with Gasteiger partial charge in [-0.1, -0.05) is 29.4 Å². The number of hydrogen-bond acceptors (Lipinski definition) is 7. The van der Waals surface area contributed by atoms with E-state index in [9.17, 15) is 4.79 Å². The molecular formula is C16H17ClN8OS. The lowest BCUT2D eigenvalue weighted by atomic mass is 10.2. The van der Waals surface area contributed by atoms with Crippen LogP contribution in [-0.4, -0.2) is 46.6 Å². The maximum atomic E-state index is 12.2. The number of amides is 1. The third-order valence-electron chi connectivity index (χ3n) is 4.18. The Morgan fingerprint density at radius 3 is 3.00 bits per heavy atom. The van der Waals surface area contributed by atoms with Crippen molar-refractivity contribution in [3.05, 3.63) is 40.9 Å². The molecule has 0 saturated heterocycles. The van der Waals surface area contributed by atoms with E-state index in [-0.39, 0.29) is 11.7 Å². The third-order valence-corrected chi connectivity index (χ3v) is 5.53. The minimum atomic E-state index is -0.123. The Morgan fingerprint density at radius 2 is 2.22 bits per heavy atom. The Morgan fingerprint density at radius 1 is 1.37 bits per heavy atom.